The van der Waals surface area contributed by atoms with Crippen LogP contribution in [0.15, 0.2) is 50.4 Å². The number of anilines is 1. The number of amides is 1. The number of carbonyl (C=O) groups is 1. The van der Waals surface area contributed by atoms with Crippen molar-refractivity contribution in [3.63, 3.8) is 0 Å². The molecule has 1 aliphatic heterocycles. The molecular formula is C17H15FN4O4S2. The molecule has 2 aromatic heterocycles. The van der Waals surface area contributed by atoms with Gasteiger partial charge in [0.05, 0.1) is 0 Å². The lowest BCUT2D eigenvalue weighted by Gasteiger charge is -2.21. The van der Waals surface area contributed by atoms with Crippen LogP contribution in [-0.2, 0) is 14.8 Å². The van der Waals surface area contributed by atoms with Crippen LogP contribution in [0.3, 0.4) is 0 Å². The van der Waals surface area contributed by atoms with Gasteiger partial charge in [0.2, 0.25) is 11.8 Å². The zero-order valence-electron chi connectivity index (χ0n) is 14.4. The minimum Gasteiger partial charge on any atom is -0.403 e. The van der Waals surface area contributed by atoms with E-state index in [-0.39, 0.29) is 22.7 Å². The Morgan fingerprint density at radius 3 is 2.75 bits per heavy atom. The van der Waals surface area contributed by atoms with Crippen LogP contribution in [0.5, 0.6) is 0 Å². The summed E-state index contributed by atoms with van der Waals surface area (Å²) in [5, 5.41) is 11.7. The lowest BCUT2D eigenvalue weighted by molar-refractivity contribution is -0.119. The van der Waals surface area contributed by atoms with Gasteiger partial charge in [-0.1, -0.05) is 11.2 Å². The maximum absolute atomic E-state index is 13.0. The number of nitrogens with zero attached hydrogens (tertiary/aromatic N) is 3. The van der Waals surface area contributed by atoms with Gasteiger partial charge in [-0.25, -0.2) is 12.8 Å². The van der Waals surface area contributed by atoms with E-state index in [0.717, 1.165) is 11.3 Å². The molecule has 0 bridgehead atoms. The van der Waals surface area contributed by atoms with Crippen LogP contribution in [-0.4, -0.2) is 41.4 Å². The second-order valence-corrected chi connectivity index (χ2v) is 9.18. The highest BCUT2D eigenvalue weighted by Gasteiger charge is 2.40. The molecule has 8 nitrogen and oxygen atoms in total. The fourth-order valence-corrected chi connectivity index (χ4v) is 5.76. The summed E-state index contributed by atoms with van der Waals surface area (Å²) >= 11 is 1.11. The number of carbonyl (C=O) groups excluding carboxylic acids is 1. The van der Waals surface area contributed by atoms with E-state index in [1.807, 2.05) is 0 Å². The van der Waals surface area contributed by atoms with Crippen molar-refractivity contribution in [2.24, 2.45) is 0 Å². The molecule has 1 fully saturated rings. The quantitative estimate of drug-likeness (QED) is 0.678. The molecule has 1 aliphatic rings. The van der Waals surface area contributed by atoms with Crippen LogP contribution in [0.1, 0.15) is 12.8 Å². The Balaban J connectivity index is 1.50. The number of sulfonamides is 1. The topological polar surface area (TPSA) is 105 Å². The maximum atomic E-state index is 13.0. The van der Waals surface area contributed by atoms with Crippen molar-refractivity contribution in [2.45, 2.75) is 23.1 Å². The molecule has 0 unspecified atom stereocenters. The van der Waals surface area contributed by atoms with E-state index in [0.29, 0.717) is 18.4 Å². The van der Waals surface area contributed by atoms with Gasteiger partial charge in [0.25, 0.3) is 10.0 Å². The number of rotatable bonds is 5. The van der Waals surface area contributed by atoms with Crippen molar-refractivity contribution >= 4 is 33.3 Å². The zero-order chi connectivity index (χ0) is 19.7. The van der Waals surface area contributed by atoms with E-state index in [4.69, 9.17) is 4.42 Å². The maximum Gasteiger partial charge on any atom is 0.322 e. The second-order valence-electron chi connectivity index (χ2n) is 6.11. The van der Waals surface area contributed by atoms with Crippen molar-refractivity contribution in [3.05, 3.63) is 47.6 Å². The number of hydrogen-bond donors (Lipinski definition) is 1. The van der Waals surface area contributed by atoms with Gasteiger partial charge in [-0.15, -0.1) is 16.4 Å². The third kappa shape index (κ3) is 3.55. The molecular weight excluding hydrogens is 407 g/mol. The summed E-state index contributed by atoms with van der Waals surface area (Å²) in [6, 6.07) is 7.62. The Bertz CT molecular complexity index is 1080. The van der Waals surface area contributed by atoms with Gasteiger partial charge in [-0.2, -0.15) is 4.31 Å². The highest BCUT2D eigenvalue weighted by Crippen LogP contribution is 2.29. The minimum atomic E-state index is -3.73. The summed E-state index contributed by atoms with van der Waals surface area (Å²) in [4.78, 5) is 12.6. The highest BCUT2D eigenvalue weighted by molar-refractivity contribution is 7.91. The largest absolute Gasteiger partial charge is 0.403 e. The Morgan fingerprint density at radius 2 is 2.04 bits per heavy atom. The highest BCUT2D eigenvalue weighted by atomic mass is 32.2. The van der Waals surface area contributed by atoms with Crippen molar-refractivity contribution in [2.75, 3.05) is 11.9 Å². The first kappa shape index (κ1) is 18.7. The molecule has 3 heterocycles. The normalized spacial score (nSPS) is 17.7. The first-order valence-corrected chi connectivity index (χ1v) is 10.7. The predicted molar refractivity (Wildman–Crippen MR) is 99.6 cm³/mol. The molecule has 1 N–H and O–H groups in total. The first-order valence-electron chi connectivity index (χ1n) is 8.41. The van der Waals surface area contributed by atoms with Gasteiger partial charge in [0.15, 0.2) is 0 Å². The molecule has 3 aromatic rings. The average molecular weight is 422 g/mol. The number of thiophene rings is 1. The number of aromatic nitrogens is 2. The van der Waals surface area contributed by atoms with E-state index in [2.05, 4.69) is 15.5 Å². The lowest BCUT2D eigenvalue weighted by atomic mass is 10.2. The van der Waals surface area contributed by atoms with Crippen LogP contribution >= 0.6 is 11.3 Å². The molecule has 4 rings (SSSR count). The molecule has 1 aromatic carbocycles. The van der Waals surface area contributed by atoms with Gasteiger partial charge in [0, 0.05) is 12.1 Å². The number of hydrogen-bond acceptors (Lipinski definition) is 7. The van der Waals surface area contributed by atoms with Gasteiger partial charge in [0.1, 0.15) is 16.1 Å². The van der Waals surface area contributed by atoms with Crippen LogP contribution in [0, 0.1) is 5.82 Å². The fourth-order valence-electron chi connectivity index (χ4n) is 2.99. The number of benzene rings is 1. The Morgan fingerprint density at radius 1 is 1.25 bits per heavy atom. The van der Waals surface area contributed by atoms with E-state index < -0.39 is 27.8 Å². The molecule has 0 radical (unpaired) electrons. The summed E-state index contributed by atoms with van der Waals surface area (Å²) in [7, 11) is -3.73. The fraction of sp³-hybridized carbons (Fsp3) is 0.235. The minimum absolute atomic E-state index is 0.116. The van der Waals surface area contributed by atoms with Crippen molar-refractivity contribution in [1.29, 1.82) is 0 Å². The second kappa shape index (κ2) is 7.41. The van der Waals surface area contributed by atoms with Crippen molar-refractivity contribution in [3.8, 4) is 11.5 Å². The number of halogens is 1. The molecule has 28 heavy (non-hydrogen) atoms. The van der Waals surface area contributed by atoms with Crippen LogP contribution in [0.25, 0.3) is 11.5 Å². The molecule has 11 heteroatoms. The Kier molecular flexibility index (Phi) is 4.96. The van der Waals surface area contributed by atoms with Gasteiger partial charge >= 0.3 is 6.01 Å². The molecule has 1 atom stereocenters. The molecule has 0 saturated carbocycles. The van der Waals surface area contributed by atoms with Crippen LogP contribution in [0.4, 0.5) is 10.4 Å². The summed E-state index contributed by atoms with van der Waals surface area (Å²) < 4.78 is 45.3. The van der Waals surface area contributed by atoms with E-state index in [1.165, 1.54) is 34.6 Å². The lowest BCUT2D eigenvalue weighted by Crippen LogP contribution is -2.42. The third-order valence-electron chi connectivity index (χ3n) is 4.31. The number of nitrogens with one attached hydrogen (secondary N) is 1. The Labute approximate surface area is 164 Å². The smallest absolute Gasteiger partial charge is 0.322 e. The standard InChI is InChI=1S/C17H15FN4O4S2/c18-12-7-5-11(6-8-12)16-20-21-17(26-16)19-15(23)13-3-1-9-22(13)28(24,25)14-4-2-10-27-14/h2,4-8,10,13H,1,3,9H2,(H,19,21,23)/t13-/m1/s1. The van der Waals surface area contributed by atoms with Gasteiger partial charge in [-0.3, -0.25) is 10.1 Å². The van der Waals surface area contributed by atoms with Crippen LogP contribution in [0.2, 0.25) is 0 Å². The summed E-state index contributed by atoms with van der Waals surface area (Å²) in [5.41, 5.74) is 0.497. The van der Waals surface area contributed by atoms with E-state index >= 15 is 0 Å². The van der Waals surface area contributed by atoms with Crippen molar-refractivity contribution in [1.82, 2.24) is 14.5 Å². The SMILES string of the molecule is O=C(Nc1nnc(-c2ccc(F)cc2)o1)[C@H]1CCCN1S(=O)(=O)c1cccs1. The monoisotopic (exact) mass is 422 g/mol. The average Bonchev–Trinajstić information content (AvgIpc) is 3.43. The van der Waals surface area contributed by atoms with Crippen LogP contribution < -0.4 is 5.32 Å². The third-order valence-corrected chi connectivity index (χ3v) is 7.59. The van der Waals surface area contributed by atoms with E-state index in [9.17, 15) is 17.6 Å². The predicted octanol–water partition coefficient (Wildman–Crippen LogP) is 2.73. The summed E-state index contributed by atoms with van der Waals surface area (Å²) in [5.74, 6) is -0.818. The summed E-state index contributed by atoms with van der Waals surface area (Å²) in [6.07, 6.45) is 0.975. The van der Waals surface area contributed by atoms with Gasteiger partial charge < -0.3 is 4.42 Å². The zero-order valence-corrected chi connectivity index (χ0v) is 16.0. The molecule has 1 amide bonds. The summed E-state index contributed by atoms with van der Waals surface area (Å²) in [6.45, 7) is 0.267. The first-order chi connectivity index (χ1) is 13.4. The molecule has 0 spiro atoms. The van der Waals surface area contributed by atoms with E-state index in [1.54, 1.807) is 11.4 Å². The molecule has 146 valence electrons. The Hall–Kier alpha value is -2.63. The van der Waals surface area contributed by atoms with Gasteiger partial charge in [-0.05, 0) is 48.6 Å². The molecule has 0 aliphatic carbocycles. The van der Waals surface area contributed by atoms with Crippen molar-refractivity contribution < 1.29 is 22.0 Å². The molecule has 1 saturated heterocycles.